The normalized spacial score (nSPS) is 10.3. The summed E-state index contributed by atoms with van der Waals surface area (Å²) in [4.78, 5) is 10.5. The van der Waals surface area contributed by atoms with Crippen molar-refractivity contribution in [3.63, 3.8) is 0 Å². The molecule has 0 saturated heterocycles. The van der Waals surface area contributed by atoms with Crippen LogP contribution in [0.25, 0.3) is 10.8 Å². The molecule has 0 saturated carbocycles. The molecule has 4 nitrogen and oxygen atoms in total. The van der Waals surface area contributed by atoms with Crippen molar-refractivity contribution in [3.8, 4) is 0 Å². The third kappa shape index (κ3) is 1.69. The number of hydrogen-bond donors (Lipinski definition) is 1. The van der Waals surface area contributed by atoms with Gasteiger partial charge in [0, 0.05) is 23.7 Å². The van der Waals surface area contributed by atoms with Crippen molar-refractivity contribution in [3.05, 3.63) is 46.5 Å². The molecule has 1 N–H and O–H groups in total. The van der Waals surface area contributed by atoms with Crippen molar-refractivity contribution < 1.29 is 4.92 Å². The number of hydrogen-bond acceptors (Lipinski definition) is 3. The van der Waals surface area contributed by atoms with E-state index in [2.05, 4.69) is 5.32 Å². The molecule has 0 unspecified atom stereocenters. The minimum absolute atomic E-state index is 0.150. The van der Waals surface area contributed by atoms with Gasteiger partial charge in [0.15, 0.2) is 0 Å². The van der Waals surface area contributed by atoms with E-state index in [4.69, 9.17) is 0 Å². The Balaban J connectivity index is 2.71. The average Bonchev–Trinajstić information content (AvgIpc) is 2.29. The van der Waals surface area contributed by atoms with Crippen LogP contribution in [0.2, 0.25) is 0 Å². The van der Waals surface area contributed by atoms with Gasteiger partial charge in [-0.3, -0.25) is 10.1 Å². The van der Waals surface area contributed by atoms with Crippen LogP contribution in [0.15, 0.2) is 36.4 Å². The fourth-order valence-corrected chi connectivity index (χ4v) is 1.80. The highest BCUT2D eigenvalue weighted by Gasteiger charge is 2.11. The minimum atomic E-state index is -0.349. The first-order chi connectivity index (χ1) is 7.74. The van der Waals surface area contributed by atoms with Crippen LogP contribution >= 0.6 is 0 Å². The van der Waals surface area contributed by atoms with Crippen molar-refractivity contribution in [1.82, 2.24) is 0 Å². The van der Waals surface area contributed by atoms with Crippen LogP contribution < -0.4 is 5.32 Å². The van der Waals surface area contributed by atoms with Gasteiger partial charge in [-0.2, -0.15) is 0 Å². The number of nitrogens with one attached hydrogen (secondary N) is 1. The lowest BCUT2D eigenvalue weighted by atomic mass is 10.1. The lowest BCUT2D eigenvalue weighted by Crippen LogP contribution is -1.97. The highest BCUT2D eigenvalue weighted by Crippen LogP contribution is 2.30. The van der Waals surface area contributed by atoms with E-state index in [-0.39, 0.29) is 10.6 Å². The van der Waals surface area contributed by atoms with Crippen LogP contribution in [-0.2, 0) is 0 Å². The summed E-state index contributed by atoms with van der Waals surface area (Å²) in [7, 11) is 0. The molecule has 82 valence electrons. The maximum atomic E-state index is 10.9. The van der Waals surface area contributed by atoms with Gasteiger partial charge in [0.1, 0.15) is 0 Å². The highest BCUT2D eigenvalue weighted by atomic mass is 16.6. The number of fused-ring (bicyclic) bond motifs is 1. The van der Waals surface area contributed by atoms with E-state index in [1.165, 1.54) is 6.07 Å². The second kappa shape index (κ2) is 4.18. The molecule has 2 rings (SSSR count). The molecule has 0 amide bonds. The van der Waals surface area contributed by atoms with Crippen molar-refractivity contribution >= 4 is 22.1 Å². The second-order valence-corrected chi connectivity index (χ2v) is 3.47. The molecule has 0 aliphatic heterocycles. The SMILES string of the molecule is CCNc1cccc2c([N+](=O)[O-])cccc12. The third-order valence-corrected chi connectivity index (χ3v) is 2.46. The molecular formula is C12H12N2O2. The van der Waals surface area contributed by atoms with Crippen LogP contribution in [0.1, 0.15) is 6.92 Å². The summed E-state index contributed by atoms with van der Waals surface area (Å²) in [6.07, 6.45) is 0. The minimum Gasteiger partial charge on any atom is -0.385 e. The van der Waals surface area contributed by atoms with E-state index < -0.39 is 0 Å². The number of nitrogens with zero attached hydrogens (tertiary/aromatic N) is 1. The number of nitro benzene ring substituents is 1. The molecule has 0 aliphatic rings. The Morgan fingerprint density at radius 1 is 1.19 bits per heavy atom. The average molecular weight is 216 g/mol. The van der Waals surface area contributed by atoms with Crippen molar-refractivity contribution in [1.29, 1.82) is 0 Å². The molecule has 0 aromatic heterocycles. The Morgan fingerprint density at radius 3 is 2.56 bits per heavy atom. The summed E-state index contributed by atoms with van der Waals surface area (Å²) in [5.74, 6) is 0. The summed E-state index contributed by atoms with van der Waals surface area (Å²) in [6.45, 7) is 2.79. The molecule has 0 aliphatic carbocycles. The van der Waals surface area contributed by atoms with Gasteiger partial charge >= 0.3 is 0 Å². The maximum Gasteiger partial charge on any atom is 0.277 e. The first-order valence-corrected chi connectivity index (χ1v) is 5.14. The van der Waals surface area contributed by atoms with Gasteiger partial charge in [0.2, 0.25) is 0 Å². The van der Waals surface area contributed by atoms with Crippen molar-refractivity contribution in [2.24, 2.45) is 0 Å². The number of rotatable bonds is 3. The van der Waals surface area contributed by atoms with Crippen LogP contribution in [0.4, 0.5) is 11.4 Å². The van der Waals surface area contributed by atoms with E-state index in [1.807, 2.05) is 25.1 Å². The van der Waals surface area contributed by atoms with Gasteiger partial charge in [-0.1, -0.05) is 18.2 Å². The Bertz CT molecular complexity index is 538. The quantitative estimate of drug-likeness (QED) is 0.633. The van der Waals surface area contributed by atoms with Gasteiger partial charge in [-0.05, 0) is 19.1 Å². The first-order valence-electron chi connectivity index (χ1n) is 5.14. The smallest absolute Gasteiger partial charge is 0.277 e. The summed E-state index contributed by atoms with van der Waals surface area (Å²) in [6, 6.07) is 10.6. The fourth-order valence-electron chi connectivity index (χ4n) is 1.80. The Morgan fingerprint density at radius 2 is 1.88 bits per heavy atom. The Hall–Kier alpha value is -2.10. The number of non-ortho nitro benzene ring substituents is 1. The van der Waals surface area contributed by atoms with Gasteiger partial charge in [-0.15, -0.1) is 0 Å². The summed E-state index contributed by atoms with van der Waals surface area (Å²) in [5, 5.41) is 15.6. The Kier molecular flexibility index (Phi) is 2.72. The van der Waals surface area contributed by atoms with Crippen LogP contribution in [0.5, 0.6) is 0 Å². The zero-order valence-electron chi connectivity index (χ0n) is 8.93. The molecule has 16 heavy (non-hydrogen) atoms. The lowest BCUT2D eigenvalue weighted by molar-refractivity contribution is -0.383. The molecule has 0 atom stereocenters. The fraction of sp³-hybridized carbons (Fsp3) is 0.167. The molecule has 0 spiro atoms. The summed E-state index contributed by atoms with van der Waals surface area (Å²) in [5.41, 5.74) is 1.08. The standard InChI is InChI=1S/C12H12N2O2/c1-2-13-11-7-3-6-10-9(11)5-4-8-12(10)14(15)16/h3-8,13H,2H2,1H3. The number of anilines is 1. The summed E-state index contributed by atoms with van der Waals surface area (Å²) >= 11 is 0. The van der Waals surface area contributed by atoms with Gasteiger partial charge in [-0.25, -0.2) is 0 Å². The largest absolute Gasteiger partial charge is 0.385 e. The van der Waals surface area contributed by atoms with Crippen molar-refractivity contribution in [2.75, 3.05) is 11.9 Å². The lowest BCUT2D eigenvalue weighted by Gasteiger charge is -2.07. The van der Waals surface area contributed by atoms with Crippen LogP contribution in [0, 0.1) is 10.1 Å². The van der Waals surface area contributed by atoms with Crippen LogP contribution in [0.3, 0.4) is 0 Å². The highest BCUT2D eigenvalue weighted by molar-refractivity contribution is 5.99. The number of nitro groups is 1. The molecule has 0 fully saturated rings. The molecule has 0 bridgehead atoms. The zero-order chi connectivity index (χ0) is 11.5. The van der Waals surface area contributed by atoms with E-state index in [9.17, 15) is 10.1 Å². The number of benzene rings is 2. The molecular weight excluding hydrogens is 204 g/mol. The van der Waals surface area contributed by atoms with E-state index >= 15 is 0 Å². The van der Waals surface area contributed by atoms with E-state index in [1.54, 1.807) is 12.1 Å². The predicted molar refractivity (Wildman–Crippen MR) is 64.8 cm³/mol. The van der Waals surface area contributed by atoms with Gasteiger partial charge in [0.25, 0.3) is 5.69 Å². The zero-order valence-corrected chi connectivity index (χ0v) is 8.93. The molecule has 4 heteroatoms. The van der Waals surface area contributed by atoms with Gasteiger partial charge in [0.05, 0.1) is 10.3 Å². The summed E-state index contributed by atoms with van der Waals surface area (Å²) < 4.78 is 0. The molecule has 2 aromatic rings. The van der Waals surface area contributed by atoms with Crippen molar-refractivity contribution in [2.45, 2.75) is 6.92 Å². The first kappa shape index (κ1) is 10.4. The monoisotopic (exact) mass is 216 g/mol. The topological polar surface area (TPSA) is 55.2 Å². The maximum absolute atomic E-state index is 10.9. The molecule has 0 heterocycles. The molecule has 2 aromatic carbocycles. The van der Waals surface area contributed by atoms with Crippen LogP contribution in [-0.4, -0.2) is 11.5 Å². The predicted octanol–water partition coefficient (Wildman–Crippen LogP) is 3.18. The van der Waals surface area contributed by atoms with E-state index in [0.717, 1.165) is 17.6 Å². The molecule has 0 radical (unpaired) electrons. The second-order valence-electron chi connectivity index (χ2n) is 3.47. The third-order valence-electron chi connectivity index (χ3n) is 2.46. The Labute approximate surface area is 93.0 Å². The van der Waals surface area contributed by atoms with Gasteiger partial charge < -0.3 is 5.32 Å². The van der Waals surface area contributed by atoms with E-state index in [0.29, 0.717) is 5.39 Å².